The van der Waals surface area contributed by atoms with E-state index in [9.17, 15) is 4.79 Å². The van der Waals surface area contributed by atoms with E-state index in [-0.39, 0.29) is 0 Å². The summed E-state index contributed by atoms with van der Waals surface area (Å²) in [7, 11) is 0. The lowest BCUT2D eigenvalue weighted by molar-refractivity contribution is -0.110. The number of carbonyl (C=O) groups excluding carboxylic acids is 1. The molecule has 2 atom stereocenters. The Labute approximate surface area is 61.2 Å². The topological polar surface area (TPSA) is 41.1 Å². The van der Waals surface area contributed by atoms with Crippen LogP contribution in [-0.2, 0) is 4.79 Å². The summed E-state index contributed by atoms with van der Waals surface area (Å²) in [5.74, 6) is 0. The largest absolute Gasteiger partial charge is 0.355 e. The molecule has 0 aromatic carbocycles. The Morgan fingerprint density at radius 2 is 2.40 bits per heavy atom. The lowest BCUT2D eigenvalue weighted by Crippen LogP contribution is -2.46. The molecule has 0 aliphatic carbocycles. The lowest BCUT2D eigenvalue weighted by Gasteiger charge is -2.26. The van der Waals surface area contributed by atoms with Crippen LogP contribution in [0.25, 0.3) is 0 Å². The van der Waals surface area contributed by atoms with E-state index in [1.165, 1.54) is 0 Å². The summed E-state index contributed by atoms with van der Waals surface area (Å²) in [6, 6.07) is 0.971. The van der Waals surface area contributed by atoms with Crippen molar-refractivity contribution in [3.05, 3.63) is 0 Å². The van der Waals surface area contributed by atoms with Crippen molar-refractivity contribution in [2.24, 2.45) is 0 Å². The predicted octanol–water partition coefficient (Wildman–Crippen LogP) is -0.127. The number of amides is 1. The minimum Gasteiger partial charge on any atom is -0.355 e. The first-order chi connectivity index (χ1) is 4.83. The Morgan fingerprint density at radius 1 is 1.60 bits per heavy atom. The molecule has 1 amide bonds. The Bertz CT molecular complexity index is 108. The zero-order valence-corrected chi connectivity index (χ0v) is 6.26. The van der Waals surface area contributed by atoms with Crippen molar-refractivity contribution in [3.8, 4) is 0 Å². The van der Waals surface area contributed by atoms with E-state index in [1.54, 1.807) is 0 Å². The SMILES string of the molecule is CC1CCC(NC=O)CN1. The fraction of sp³-hybridized carbons (Fsp3) is 0.857. The molecule has 3 heteroatoms. The van der Waals surface area contributed by atoms with Crippen molar-refractivity contribution < 1.29 is 4.79 Å². The molecule has 2 N–H and O–H groups in total. The van der Waals surface area contributed by atoms with Crippen LogP contribution in [0.1, 0.15) is 19.8 Å². The van der Waals surface area contributed by atoms with Crippen LogP contribution < -0.4 is 10.6 Å². The standard InChI is InChI=1S/C7H14N2O/c1-6-2-3-7(4-8-6)9-5-10/h5-8H,2-4H2,1H3,(H,9,10). The molecule has 1 fully saturated rings. The maximum absolute atomic E-state index is 10.0. The number of carbonyl (C=O) groups is 1. The highest BCUT2D eigenvalue weighted by Gasteiger charge is 2.15. The van der Waals surface area contributed by atoms with Crippen molar-refractivity contribution >= 4 is 6.41 Å². The molecule has 10 heavy (non-hydrogen) atoms. The van der Waals surface area contributed by atoms with Gasteiger partial charge in [0.25, 0.3) is 0 Å². The second-order valence-corrected chi connectivity index (χ2v) is 2.87. The minimum atomic E-state index is 0.355. The maximum Gasteiger partial charge on any atom is 0.207 e. The molecule has 0 radical (unpaired) electrons. The number of rotatable bonds is 2. The molecule has 1 aliphatic rings. The quantitative estimate of drug-likeness (QED) is 0.527. The minimum absolute atomic E-state index is 0.355. The average Bonchev–Trinajstić information content (AvgIpc) is 1.95. The van der Waals surface area contributed by atoms with Gasteiger partial charge in [0.1, 0.15) is 0 Å². The van der Waals surface area contributed by atoms with Gasteiger partial charge < -0.3 is 10.6 Å². The van der Waals surface area contributed by atoms with Gasteiger partial charge in [0.15, 0.2) is 0 Å². The number of nitrogens with one attached hydrogen (secondary N) is 2. The molecule has 0 spiro atoms. The molecule has 1 heterocycles. The second kappa shape index (κ2) is 3.56. The summed E-state index contributed by atoms with van der Waals surface area (Å²) >= 11 is 0. The van der Waals surface area contributed by atoms with E-state index in [4.69, 9.17) is 0 Å². The van der Waals surface area contributed by atoms with Gasteiger partial charge in [-0.3, -0.25) is 4.79 Å². The summed E-state index contributed by atoms with van der Waals surface area (Å²) < 4.78 is 0. The molecule has 58 valence electrons. The fourth-order valence-electron chi connectivity index (χ4n) is 1.24. The highest BCUT2D eigenvalue weighted by Crippen LogP contribution is 2.06. The van der Waals surface area contributed by atoms with E-state index < -0.39 is 0 Å². The highest BCUT2D eigenvalue weighted by atomic mass is 16.1. The predicted molar refractivity (Wildman–Crippen MR) is 39.7 cm³/mol. The smallest absolute Gasteiger partial charge is 0.207 e. The number of hydrogen-bond acceptors (Lipinski definition) is 2. The van der Waals surface area contributed by atoms with Gasteiger partial charge in [0.05, 0.1) is 0 Å². The Balaban J connectivity index is 2.19. The van der Waals surface area contributed by atoms with Crippen molar-refractivity contribution in [1.82, 2.24) is 10.6 Å². The van der Waals surface area contributed by atoms with Crippen LogP contribution in [0.3, 0.4) is 0 Å². The van der Waals surface area contributed by atoms with Gasteiger partial charge in [-0.25, -0.2) is 0 Å². The van der Waals surface area contributed by atoms with Crippen LogP contribution in [0.2, 0.25) is 0 Å². The first-order valence-corrected chi connectivity index (χ1v) is 3.76. The van der Waals surface area contributed by atoms with Crippen LogP contribution in [-0.4, -0.2) is 25.0 Å². The zero-order chi connectivity index (χ0) is 7.40. The van der Waals surface area contributed by atoms with Gasteiger partial charge in [0.2, 0.25) is 6.41 Å². The first kappa shape index (κ1) is 7.54. The fourth-order valence-corrected chi connectivity index (χ4v) is 1.24. The first-order valence-electron chi connectivity index (χ1n) is 3.76. The summed E-state index contributed by atoms with van der Waals surface area (Å²) in [4.78, 5) is 10.0. The maximum atomic E-state index is 10.0. The summed E-state index contributed by atoms with van der Waals surface area (Å²) in [5.41, 5.74) is 0. The molecule has 1 saturated heterocycles. The number of piperidine rings is 1. The highest BCUT2D eigenvalue weighted by molar-refractivity contribution is 5.46. The molecule has 3 nitrogen and oxygen atoms in total. The van der Waals surface area contributed by atoms with Crippen molar-refractivity contribution in [2.45, 2.75) is 31.8 Å². The number of hydrogen-bond donors (Lipinski definition) is 2. The third-order valence-electron chi connectivity index (χ3n) is 1.96. The third-order valence-corrected chi connectivity index (χ3v) is 1.96. The van der Waals surface area contributed by atoms with Gasteiger partial charge >= 0.3 is 0 Å². The van der Waals surface area contributed by atoms with Crippen molar-refractivity contribution in [1.29, 1.82) is 0 Å². The molecule has 0 aromatic heterocycles. The van der Waals surface area contributed by atoms with Gasteiger partial charge in [-0.15, -0.1) is 0 Å². The molecule has 0 bridgehead atoms. The van der Waals surface area contributed by atoms with E-state index in [2.05, 4.69) is 17.6 Å². The zero-order valence-electron chi connectivity index (χ0n) is 6.26. The monoisotopic (exact) mass is 142 g/mol. The Kier molecular flexibility index (Phi) is 2.68. The lowest BCUT2D eigenvalue weighted by atomic mass is 10.0. The second-order valence-electron chi connectivity index (χ2n) is 2.87. The van der Waals surface area contributed by atoms with Gasteiger partial charge in [-0.1, -0.05) is 0 Å². The van der Waals surface area contributed by atoms with Crippen molar-refractivity contribution in [2.75, 3.05) is 6.54 Å². The van der Waals surface area contributed by atoms with Gasteiger partial charge in [0, 0.05) is 18.6 Å². The van der Waals surface area contributed by atoms with E-state index in [1.807, 2.05) is 0 Å². The normalized spacial score (nSPS) is 33.3. The average molecular weight is 142 g/mol. The van der Waals surface area contributed by atoms with Crippen LogP contribution in [0.15, 0.2) is 0 Å². The van der Waals surface area contributed by atoms with Gasteiger partial charge in [-0.2, -0.15) is 0 Å². The van der Waals surface area contributed by atoms with Crippen LogP contribution in [0, 0.1) is 0 Å². The van der Waals surface area contributed by atoms with Crippen molar-refractivity contribution in [3.63, 3.8) is 0 Å². The van der Waals surface area contributed by atoms with Crippen LogP contribution in [0.4, 0.5) is 0 Å². The van der Waals surface area contributed by atoms with E-state index >= 15 is 0 Å². The Hall–Kier alpha value is -0.570. The third kappa shape index (κ3) is 1.99. The Morgan fingerprint density at radius 3 is 2.90 bits per heavy atom. The summed E-state index contributed by atoms with van der Waals surface area (Å²) in [6.07, 6.45) is 3.04. The summed E-state index contributed by atoms with van der Waals surface area (Å²) in [6.45, 7) is 3.08. The summed E-state index contributed by atoms with van der Waals surface area (Å²) in [5, 5.41) is 6.06. The molecular formula is C7H14N2O. The van der Waals surface area contributed by atoms with Gasteiger partial charge in [-0.05, 0) is 19.8 Å². The molecular weight excluding hydrogens is 128 g/mol. The molecule has 1 aliphatic heterocycles. The molecule has 0 aromatic rings. The van der Waals surface area contributed by atoms with Crippen LogP contribution >= 0.6 is 0 Å². The van der Waals surface area contributed by atoms with E-state index in [0.717, 1.165) is 25.8 Å². The van der Waals surface area contributed by atoms with Crippen LogP contribution in [0.5, 0.6) is 0 Å². The molecule has 1 rings (SSSR count). The van der Waals surface area contributed by atoms with E-state index in [0.29, 0.717) is 12.1 Å². The molecule has 2 unspecified atom stereocenters. The molecule has 0 saturated carbocycles.